The van der Waals surface area contributed by atoms with Crippen molar-refractivity contribution >= 4 is 46.4 Å². The first-order valence-electron chi connectivity index (χ1n) is 18.8. The fourth-order valence-electron chi connectivity index (χ4n) is 6.57. The SMILES string of the molecule is NC(N)=NCCCC1NC(=O)C(Cc2ccccc2)NC(=O)C(Cc2cnc[nH]2)NC(=O)CCCCCCNC(=O)C(Cc2c[nH]c3ccccc23)NC1=O. The molecule has 0 radical (unpaired) electrons. The molecule has 16 heteroatoms. The number of amides is 5. The number of hydrogen-bond donors (Lipinski definition) is 9. The van der Waals surface area contributed by atoms with Crippen LogP contribution in [0.3, 0.4) is 0 Å². The molecule has 11 N–H and O–H groups in total. The summed E-state index contributed by atoms with van der Waals surface area (Å²) in [4.78, 5) is 83.4. The summed E-state index contributed by atoms with van der Waals surface area (Å²) in [5, 5.41) is 15.3. The van der Waals surface area contributed by atoms with Gasteiger partial charge in [0, 0.05) is 67.8 Å². The Morgan fingerprint density at radius 1 is 0.709 bits per heavy atom. The molecule has 0 spiro atoms. The molecule has 1 fully saturated rings. The van der Waals surface area contributed by atoms with Gasteiger partial charge in [0.1, 0.15) is 24.2 Å². The van der Waals surface area contributed by atoms with Crippen molar-refractivity contribution in [1.29, 1.82) is 0 Å². The van der Waals surface area contributed by atoms with Crippen LogP contribution in [0.2, 0.25) is 0 Å². The Morgan fingerprint density at radius 3 is 2.13 bits per heavy atom. The van der Waals surface area contributed by atoms with Gasteiger partial charge in [-0.25, -0.2) is 4.98 Å². The summed E-state index contributed by atoms with van der Waals surface area (Å²) < 4.78 is 0. The molecule has 1 saturated heterocycles. The number of aliphatic imine (C=N–C) groups is 1. The molecular weight excluding hydrogens is 703 g/mol. The quantitative estimate of drug-likeness (QED) is 0.0640. The number of nitrogens with two attached hydrogens (primary N) is 2. The van der Waals surface area contributed by atoms with Crippen LogP contribution >= 0.6 is 0 Å². The van der Waals surface area contributed by atoms with Crippen LogP contribution < -0.4 is 38.1 Å². The van der Waals surface area contributed by atoms with E-state index in [0.717, 1.165) is 34.9 Å². The Kier molecular flexibility index (Phi) is 14.8. The summed E-state index contributed by atoms with van der Waals surface area (Å²) in [5.74, 6) is -2.56. The van der Waals surface area contributed by atoms with Crippen LogP contribution in [0, 0.1) is 0 Å². The number of rotatable bonds is 10. The third kappa shape index (κ3) is 12.4. The second-order valence-corrected chi connectivity index (χ2v) is 13.7. The predicted octanol–water partition coefficient (Wildman–Crippen LogP) is 0.992. The van der Waals surface area contributed by atoms with Gasteiger partial charge in [-0.3, -0.25) is 29.0 Å². The normalized spacial score (nSPS) is 21.1. The van der Waals surface area contributed by atoms with Crippen molar-refractivity contribution in [1.82, 2.24) is 41.5 Å². The Morgan fingerprint density at radius 2 is 1.38 bits per heavy atom. The number of para-hydroxylation sites is 1. The molecule has 55 heavy (non-hydrogen) atoms. The van der Waals surface area contributed by atoms with Gasteiger partial charge in [-0.15, -0.1) is 0 Å². The van der Waals surface area contributed by atoms with E-state index in [4.69, 9.17) is 11.5 Å². The lowest BCUT2D eigenvalue weighted by Crippen LogP contribution is -2.59. The zero-order valence-corrected chi connectivity index (χ0v) is 30.8. The van der Waals surface area contributed by atoms with Crippen molar-refractivity contribution in [3.63, 3.8) is 0 Å². The van der Waals surface area contributed by atoms with Crippen LogP contribution in [0.25, 0.3) is 10.9 Å². The van der Waals surface area contributed by atoms with E-state index in [0.29, 0.717) is 31.5 Å². The first-order chi connectivity index (χ1) is 26.7. The molecule has 2 aromatic carbocycles. The number of nitrogens with zero attached hydrogens (tertiary/aromatic N) is 2. The second kappa shape index (κ2) is 20.3. The summed E-state index contributed by atoms with van der Waals surface area (Å²) in [5.41, 5.74) is 14.2. The van der Waals surface area contributed by atoms with Gasteiger partial charge in [-0.05, 0) is 42.9 Å². The molecule has 4 unspecified atom stereocenters. The highest BCUT2D eigenvalue weighted by Gasteiger charge is 2.32. The van der Waals surface area contributed by atoms with Crippen LogP contribution in [0.1, 0.15) is 61.8 Å². The summed E-state index contributed by atoms with van der Waals surface area (Å²) >= 11 is 0. The third-order valence-electron chi connectivity index (χ3n) is 9.49. The molecule has 4 atom stereocenters. The van der Waals surface area contributed by atoms with E-state index in [1.165, 1.54) is 6.33 Å². The molecule has 0 aliphatic carbocycles. The Labute approximate surface area is 319 Å². The van der Waals surface area contributed by atoms with Gasteiger partial charge in [0.05, 0.1) is 6.33 Å². The summed E-state index contributed by atoms with van der Waals surface area (Å²) in [6.45, 7) is 0.567. The third-order valence-corrected chi connectivity index (χ3v) is 9.49. The van der Waals surface area contributed by atoms with Crippen molar-refractivity contribution in [3.05, 3.63) is 90.1 Å². The number of nitrogens with one attached hydrogen (secondary N) is 7. The van der Waals surface area contributed by atoms with Crippen molar-refractivity contribution in [2.75, 3.05) is 13.1 Å². The summed E-state index contributed by atoms with van der Waals surface area (Å²) in [6.07, 6.45) is 8.67. The first kappa shape index (κ1) is 40.0. The van der Waals surface area contributed by atoms with E-state index in [1.54, 1.807) is 6.20 Å². The lowest BCUT2D eigenvalue weighted by Gasteiger charge is -2.27. The number of aromatic amines is 2. The molecule has 1 aliphatic heterocycles. The van der Waals surface area contributed by atoms with Gasteiger partial charge in [-0.2, -0.15) is 0 Å². The van der Waals surface area contributed by atoms with E-state index >= 15 is 0 Å². The van der Waals surface area contributed by atoms with Gasteiger partial charge < -0.3 is 48.0 Å². The lowest BCUT2D eigenvalue weighted by atomic mass is 10.0. The van der Waals surface area contributed by atoms with E-state index in [1.807, 2.05) is 60.8 Å². The fraction of sp³-hybridized carbons (Fsp3) is 0.410. The smallest absolute Gasteiger partial charge is 0.243 e. The molecule has 2 aromatic heterocycles. The number of aromatic nitrogens is 3. The molecule has 5 rings (SSSR count). The topological polar surface area (TPSA) is 254 Å². The van der Waals surface area contributed by atoms with Crippen LogP contribution in [0.4, 0.5) is 0 Å². The van der Waals surface area contributed by atoms with Crippen molar-refractivity contribution < 1.29 is 24.0 Å². The maximum atomic E-state index is 14.2. The number of carbonyl (C=O) groups is 5. The van der Waals surface area contributed by atoms with Crippen molar-refractivity contribution in [2.24, 2.45) is 16.5 Å². The molecule has 0 saturated carbocycles. The molecule has 5 amide bonds. The minimum Gasteiger partial charge on any atom is -0.370 e. The van der Waals surface area contributed by atoms with Gasteiger partial charge >= 0.3 is 0 Å². The second-order valence-electron chi connectivity index (χ2n) is 13.7. The van der Waals surface area contributed by atoms with Crippen LogP contribution in [0.15, 0.2) is 78.3 Å². The molecular formula is C39H51N11O5. The van der Waals surface area contributed by atoms with E-state index in [2.05, 4.69) is 46.5 Å². The first-order valence-corrected chi connectivity index (χ1v) is 18.8. The monoisotopic (exact) mass is 753 g/mol. The van der Waals surface area contributed by atoms with Crippen LogP contribution in [0.5, 0.6) is 0 Å². The Bertz CT molecular complexity index is 1910. The van der Waals surface area contributed by atoms with Crippen molar-refractivity contribution in [3.8, 4) is 0 Å². The fourth-order valence-corrected chi connectivity index (χ4v) is 6.57. The minimum atomic E-state index is -1.14. The molecule has 1 aliphatic rings. The average molecular weight is 754 g/mol. The molecule has 3 heterocycles. The zero-order valence-electron chi connectivity index (χ0n) is 30.8. The highest BCUT2D eigenvalue weighted by atomic mass is 16.2. The molecule has 16 nitrogen and oxygen atoms in total. The highest BCUT2D eigenvalue weighted by molar-refractivity contribution is 5.96. The summed E-state index contributed by atoms with van der Waals surface area (Å²) in [6, 6.07) is 12.6. The number of fused-ring (bicyclic) bond motifs is 1. The number of carbonyl (C=O) groups excluding carboxylic acids is 5. The largest absolute Gasteiger partial charge is 0.370 e. The average Bonchev–Trinajstić information content (AvgIpc) is 3.84. The molecule has 4 aromatic rings. The maximum absolute atomic E-state index is 14.2. The van der Waals surface area contributed by atoms with E-state index < -0.39 is 41.9 Å². The van der Waals surface area contributed by atoms with Gasteiger partial charge in [-0.1, -0.05) is 61.4 Å². The number of hydrogen-bond acceptors (Lipinski definition) is 7. The summed E-state index contributed by atoms with van der Waals surface area (Å²) in [7, 11) is 0. The number of benzene rings is 2. The number of imidazole rings is 1. The number of H-pyrrole nitrogens is 2. The minimum absolute atomic E-state index is 0.0943. The number of guanidine groups is 1. The Balaban J connectivity index is 1.44. The van der Waals surface area contributed by atoms with Crippen LogP contribution in [-0.2, 0) is 43.2 Å². The van der Waals surface area contributed by atoms with E-state index in [9.17, 15) is 24.0 Å². The van der Waals surface area contributed by atoms with Gasteiger partial charge in [0.15, 0.2) is 5.96 Å². The molecule has 0 bridgehead atoms. The van der Waals surface area contributed by atoms with Gasteiger partial charge in [0.25, 0.3) is 0 Å². The highest BCUT2D eigenvalue weighted by Crippen LogP contribution is 2.19. The zero-order chi connectivity index (χ0) is 39.0. The van der Waals surface area contributed by atoms with Crippen molar-refractivity contribution in [2.45, 2.75) is 88.4 Å². The lowest BCUT2D eigenvalue weighted by molar-refractivity contribution is -0.134. The molecule has 292 valence electrons. The standard InChI is InChI=1S/C39H51N11O5/c40-39(41)44-18-10-15-30-36(53)50-32(20-26-22-45-29-14-8-7-13-28(26)29)35(52)43-17-9-2-1-6-16-34(51)47-33(21-27-23-42-24-46-27)38(55)49-31(37(54)48-30)19-25-11-4-3-5-12-25/h3-5,7-8,11-14,22-24,30-33,45H,1-2,6,9-10,15-21H2,(H,42,46)(H,43,52)(H,47,51)(H,48,54)(H,49,55)(H,50,53)(H4,40,41,44). The van der Waals surface area contributed by atoms with E-state index in [-0.39, 0.29) is 56.4 Å². The van der Waals surface area contributed by atoms with Gasteiger partial charge in [0.2, 0.25) is 29.5 Å². The Hall–Kier alpha value is -6.19. The predicted molar refractivity (Wildman–Crippen MR) is 208 cm³/mol. The van der Waals surface area contributed by atoms with Crippen LogP contribution in [-0.4, -0.2) is 87.7 Å². The maximum Gasteiger partial charge on any atom is 0.243 e.